The van der Waals surface area contributed by atoms with Gasteiger partial charge in [-0.2, -0.15) is 0 Å². The van der Waals surface area contributed by atoms with Gasteiger partial charge in [-0.1, -0.05) is 30.3 Å². The Morgan fingerprint density at radius 3 is 2.59 bits per heavy atom. The normalized spacial score (nSPS) is 10.3. The molecular weight excluding hydrogens is 283 g/mol. The van der Waals surface area contributed by atoms with Crippen molar-refractivity contribution >= 4 is 15.9 Å². The second kappa shape index (κ2) is 5.32. The third-order valence-corrected chi connectivity index (χ3v) is 3.06. The van der Waals surface area contributed by atoms with Crippen LogP contribution in [0.1, 0.15) is 11.1 Å². The summed E-state index contributed by atoms with van der Waals surface area (Å²) in [5.41, 5.74) is 1.98. The Morgan fingerprint density at radius 2 is 1.88 bits per heavy atom. The fourth-order valence-electron chi connectivity index (χ4n) is 1.52. The molecule has 0 aliphatic rings. The fourth-order valence-corrected chi connectivity index (χ4v) is 1.98. The minimum Gasteiger partial charge on any atom is -0.489 e. The van der Waals surface area contributed by atoms with E-state index in [0.29, 0.717) is 16.8 Å². The van der Waals surface area contributed by atoms with Gasteiger partial charge in [-0.15, -0.1) is 0 Å². The third kappa shape index (κ3) is 3.07. The maximum absolute atomic E-state index is 13.4. The molecule has 0 saturated heterocycles. The number of hydrogen-bond donors (Lipinski definition) is 0. The topological polar surface area (TPSA) is 9.23 Å². The average Bonchev–Trinajstić information content (AvgIpc) is 2.33. The van der Waals surface area contributed by atoms with Crippen molar-refractivity contribution in [3.63, 3.8) is 0 Å². The Morgan fingerprint density at radius 1 is 1.18 bits per heavy atom. The Kier molecular flexibility index (Phi) is 3.79. The Hall–Kier alpha value is -1.35. The van der Waals surface area contributed by atoms with Gasteiger partial charge < -0.3 is 4.74 Å². The lowest BCUT2D eigenvalue weighted by atomic mass is 10.2. The predicted molar refractivity (Wildman–Crippen MR) is 69.6 cm³/mol. The van der Waals surface area contributed by atoms with Gasteiger partial charge in [-0.3, -0.25) is 0 Å². The highest BCUT2D eigenvalue weighted by atomic mass is 79.9. The van der Waals surface area contributed by atoms with E-state index in [1.807, 2.05) is 37.3 Å². The van der Waals surface area contributed by atoms with Crippen molar-refractivity contribution < 1.29 is 9.13 Å². The molecule has 88 valence electrons. The highest BCUT2D eigenvalue weighted by Crippen LogP contribution is 2.26. The van der Waals surface area contributed by atoms with Gasteiger partial charge in [0.15, 0.2) is 0 Å². The summed E-state index contributed by atoms with van der Waals surface area (Å²) in [6.45, 7) is 2.34. The smallest absolute Gasteiger partial charge is 0.141 e. The minimum absolute atomic E-state index is 0.307. The van der Waals surface area contributed by atoms with E-state index in [1.165, 1.54) is 6.07 Å². The lowest BCUT2D eigenvalue weighted by Crippen LogP contribution is -1.97. The molecule has 17 heavy (non-hydrogen) atoms. The third-order valence-electron chi connectivity index (χ3n) is 2.46. The molecular formula is C14H12BrFO. The molecule has 0 heterocycles. The van der Waals surface area contributed by atoms with E-state index in [-0.39, 0.29) is 5.82 Å². The highest BCUT2D eigenvalue weighted by molar-refractivity contribution is 9.10. The minimum atomic E-state index is -0.307. The first kappa shape index (κ1) is 12.1. The van der Waals surface area contributed by atoms with Gasteiger partial charge in [-0.25, -0.2) is 4.39 Å². The van der Waals surface area contributed by atoms with E-state index >= 15 is 0 Å². The first-order valence-electron chi connectivity index (χ1n) is 5.29. The van der Waals surface area contributed by atoms with Crippen LogP contribution in [0.5, 0.6) is 5.75 Å². The van der Waals surface area contributed by atoms with Crippen LogP contribution in [0.25, 0.3) is 0 Å². The van der Waals surface area contributed by atoms with Gasteiger partial charge >= 0.3 is 0 Å². The summed E-state index contributed by atoms with van der Waals surface area (Å²) in [5.74, 6) is 0.271. The fraction of sp³-hybridized carbons (Fsp3) is 0.143. The molecule has 0 N–H and O–H groups in total. The molecule has 1 nitrogen and oxygen atoms in total. The number of halogens is 2. The van der Waals surface area contributed by atoms with Crippen LogP contribution in [0, 0.1) is 12.7 Å². The van der Waals surface area contributed by atoms with Crippen molar-refractivity contribution in [3.8, 4) is 5.75 Å². The SMILES string of the molecule is Cc1cc(Br)c(F)cc1OCc1ccccc1. The molecule has 2 aromatic rings. The maximum Gasteiger partial charge on any atom is 0.141 e. The van der Waals surface area contributed by atoms with Gasteiger partial charge in [0.25, 0.3) is 0 Å². The molecule has 2 rings (SSSR count). The lowest BCUT2D eigenvalue weighted by Gasteiger charge is -2.10. The molecule has 0 aliphatic carbocycles. The van der Waals surface area contributed by atoms with Crippen molar-refractivity contribution in [2.45, 2.75) is 13.5 Å². The molecule has 0 saturated carbocycles. The summed E-state index contributed by atoms with van der Waals surface area (Å²) in [6, 6.07) is 12.9. The van der Waals surface area contributed by atoms with Crippen molar-refractivity contribution in [1.82, 2.24) is 0 Å². The van der Waals surface area contributed by atoms with Crippen LogP contribution in [0.4, 0.5) is 4.39 Å². The van der Waals surface area contributed by atoms with Crippen LogP contribution in [0.3, 0.4) is 0 Å². The summed E-state index contributed by atoms with van der Waals surface area (Å²) in [6.07, 6.45) is 0. The molecule has 2 aromatic carbocycles. The van der Waals surface area contributed by atoms with Crippen molar-refractivity contribution in [2.24, 2.45) is 0 Å². The number of benzene rings is 2. The Labute approximate surface area is 108 Å². The van der Waals surface area contributed by atoms with Gasteiger partial charge in [0.05, 0.1) is 4.47 Å². The Balaban J connectivity index is 2.12. The molecule has 0 aliphatic heterocycles. The molecule has 0 amide bonds. The number of aryl methyl sites for hydroxylation is 1. The van der Waals surface area contributed by atoms with Crippen LogP contribution in [0.2, 0.25) is 0 Å². The zero-order valence-electron chi connectivity index (χ0n) is 9.41. The largest absolute Gasteiger partial charge is 0.489 e. The van der Waals surface area contributed by atoms with Gasteiger partial charge in [0.1, 0.15) is 18.2 Å². The van der Waals surface area contributed by atoms with Crippen LogP contribution in [-0.4, -0.2) is 0 Å². The van der Waals surface area contributed by atoms with Crippen LogP contribution in [0.15, 0.2) is 46.9 Å². The molecule has 0 fully saturated rings. The zero-order valence-corrected chi connectivity index (χ0v) is 11.0. The summed E-state index contributed by atoms with van der Waals surface area (Å²) >= 11 is 3.15. The first-order chi connectivity index (χ1) is 8.16. The van der Waals surface area contributed by atoms with Crippen molar-refractivity contribution in [1.29, 1.82) is 0 Å². The van der Waals surface area contributed by atoms with E-state index in [1.54, 1.807) is 6.07 Å². The van der Waals surface area contributed by atoms with Crippen LogP contribution >= 0.6 is 15.9 Å². The quantitative estimate of drug-likeness (QED) is 0.811. The second-order valence-corrected chi connectivity index (χ2v) is 4.66. The molecule has 0 bridgehead atoms. The summed E-state index contributed by atoms with van der Waals surface area (Å²) in [4.78, 5) is 0. The Bertz CT molecular complexity index is 511. The van der Waals surface area contributed by atoms with E-state index < -0.39 is 0 Å². The van der Waals surface area contributed by atoms with Gasteiger partial charge in [-0.05, 0) is 40.0 Å². The van der Waals surface area contributed by atoms with Crippen LogP contribution in [-0.2, 0) is 6.61 Å². The van der Waals surface area contributed by atoms with E-state index in [9.17, 15) is 4.39 Å². The maximum atomic E-state index is 13.4. The molecule has 0 radical (unpaired) electrons. The predicted octanol–water partition coefficient (Wildman–Crippen LogP) is 4.48. The molecule has 0 aromatic heterocycles. The van der Waals surface area contributed by atoms with Gasteiger partial charge in [0, 0.05) is 6.07 Å². The van der Waals surface area contributed by atoms with Gasteiger partial charge in [0.2, 0.25) is 0 Å². The second-order valence-electron chi connectivity index (χ2n) is 3.81. The molecule has 0 unspecified atom stereocenters. The summed E-state index contributed by atoms with van der Waals surface area (Å²) in [7, 11) is 0. The first-order valence-corrected chi connectivity index (χ1v) is 6.08. The number of hydrogen-bond acceptors (Lipinski definition) is 1. The number of rotatable bonds is 3. The van der Waals surface area contributed by atoms with E-state index in [4.69, 9.17) is 4.74 Å². The summed E-state index contributed by atoms with van der Waals surface area (Å²) in [5, 5.41) is 0. The highest BCUT2D eigenvalue weighted by Gasteiger charge is 2.06. The van der Waals surface area contributed by atoms with E-state index in [2.05, 4.69) is 15.9 Å². The lowest BCUT2D eigenvalue weighted by molar-refractivity contribution is 0.302. The van der Waals surface area contributed by atoms with Crippen molar-refractivity contribution in [3.05, 3.63) is 63.9 Å². The van der Waals surface area contributed by atoms with E-state index in [0.717, 1.165) is 11.1 Å². The monoisotopic (exact) mass is 294 g/mol. The number of ether oxygens (including phenoxy) is 1. The molecule has 0 spiro atoms. The molecule has 3 heteroatoms. The summed E-state index contributed by atoms with van der Waals surface area (Å²) < 4.78 is 19.4. The zero-order chi connectivity index (χ0) is 12.3. The molecule has 0 atom stereocenters. The standard InChI is InChI=1S/C14H12BrFO/c1-10-7-12(15)13(16)8-14(10)17-9-11-5-3-2-4-6-11/h2-8H,9H2,1H3. The average molecular weight is 295 g/mol. The van der Waals surface area contributed by atoms with Crippen LogP contribution < -0.4 is 4.74 Å². The van der Waals surface area contributed by atoms with Crippen molar-refractivity contribution in [2.75, 3.05) is 0 Å².